The van der Waals surface area contributed by atoms with Gasteiger partial charge in [-0.25, -0.2) is 0 Å². The van der Waals surface area contributed by atoms with Crippen LogP contribution in [0, 0.1) is 5.92 Å². The van der Waals surface area contributed by atoms with Gasteiger partial charge in [0.1, 0.15) is 0 Å². The summed E-state index contributed by atoms with van der Waals surface area (Å²) in [5.41, 5.74) is 0. The zero-order valence-electron chi connectivity index (χ0n) is 26.0. The molecule has 0 spiro atoms. The summed E-state index contributed by atoms with van der Waals surface area (Å²) in [5, 5.41) is 0. The van der Waals surface area contributed by atoms with Gasteiger partial charge >= 0.3 is 11.9 Å². The third-order valence-corrected chi connectivity index (χ3v) is 7.67. The van der Waals surface area contributed by atoms with Gasteiger partial charge in [0.2, 0.25) is 0 Å². The summed E-state index contributed by atoms with van der Waals surface area (Å²) in [6.07, 6.45) is 31.2. The maximum atomic E-state index is 12.1. The fourth-order valence-electron chi connectivity index (χ4n) is 4.94. The smallest absolute Gasteiger partial charge is 0.308 e. The van der Waals surface area contributed by atoms with E-state index in [1.165, 1.54) is 122 Å². The third kappa shape index (κ3) is 28.0. The van der Waals surface area contributed by atoms with E-state index in [-0.39, 0.29) is 17.9 Å². The van der Waals surface area contributed by atoms with Gasteiger partial charge in [-0.3, -0.25) is 9.59 Å². The molecule has 0 aliphatic rings. The van der Waals surface area contributed by atoms with Gasteiger partial charge in [0, 0.05) is 6.42 Å². The molecule has 0 bridgehead atoms. The molecule has 4 heteroatoms. The number of hydrogen-bond acceptors (Lipinski definition) is 4. The van der Waals surface area contributed by atoms with E-state index in [0.717, 1.165) is 38.5 Å². The summed E-state index contributed by atoms with van der Waals surface area (Å²) in [7, 11) is 0. The first-order chi connectivity index (χ1) is 18.6. The van der Waals surface area contributed by atoms with Gasteiger partial charge < -0.3 is 9.47 Å². The van der Waals surface area contributed by atoms with Gasteiger partial charge in [-0.05, 0) is 25.7 Å². The van der Waals surface area contributed by atoms with Crippen molar-refractivity contribution >= 4 is 11.9 Å². The first-order valence-electron chi connectivity index (χ1n) is 16.9. The standard InChI is InChI=1S/C34H66O4/c1-4-6-8-10-22-26-30-37-33(35)29-25-21-19-17-15-13-12-14-16-18-20-24-28-32(3)34(36)38-31-27-23-11-9-7-5-2/h32H,4-31H2,1-3H3. The number of hydrogen-bond donors (Lipinski definition) is 0. The topological polar surface area (TPSA) is 52.6 Å². The van der Waals surface area contributed by atoms with Gasteiger partial charge in [-0.15, -0.1) is 0 Å². The summed E-state index contributed by atoms with van der Waals surface area (Å²) in [4.78, 5) is 23.9. The molecule has 0 radical (unpaired) electrons. The Hall–Kier alpha value is -1.06. The Bertz CT molecular complexity index is 505. The van der Waals surface area contributed by atoms with Crippen molar-refractivity contribution in [1.29, 1.82) is 0 Å². The van der Waals surface area contributed by atoms with Crippen molar-refractivity contribution in [3.8, 4) is 0 Å². The van der Waals surface area contributed by atoms with Gasteiger partial charge in [-0.2, -0.15) is 0 Å². The molecule has 0 amide bonds. The molecular formula is C34H66O4. The number of carbonyl (C=O) groups is 2. The van der Waals surface area contributed by atoms with Crippen molar-refractivity contribution in [2.75, 3.05) is 13.2 Å². The number of ether oxygens (including phenoxy) is 2. The third-order valence-electron chi connectivity index (χ3n) is 7.67. The predicted molar refractivity (Wildman–Crippen MR) is 162 cm³/mol. The highest BCUT2D eigenvalue weighted by Crippen LogP contribution is 2.16. The van der Waals surface area contributed by atoms with Crippen molar-refractivity contribution in [3.05, 3.63) is 0 Å². The fraction of sp³-hybridized carbons (Fsp3) is 0.941. The number of carbonyl (C=O) groups excluding carboxylic acids is 2. The van der Waals surface area contributed by atoms with E-state index in [1.807, 2.05) is 6.92 Å². The highest BCUT2D eigenvalue weighted by molar-refractivity contribution is 5.71. The van der Waals surface area contributed by atoms with Crippen LogP contribution in [-0.4, -0.2) is 25.2 Å². The molecule has 38 heavy (non-hydrogen) atoms. The Labute approximate surface area is 237 Å². The summed E-state index contributed by atoms with van der Waals surface area (Å²) in [6, 6.07) is 0. The largest absolute Gasteiger partial charge is 0.466 e. The highest BCUT2D eigenvalue weighted by atomic mass is 16.5. The van der Waals surface area contributed by atoms with Crippen LogP contribution in [0.25, 0.3) is 0 Å². The first-order valence-corrected chi connectivity index (χ1v) is 16.9. The number of unbranched alkanes of at least 4 members (excludes halogenated alkanes) is 21. The van der Waals surface area contributed by atoms with E-state index in [4.69, 9.17) is 9.47 Å². The van der Waals surface area contributed by atoms with Crippen LogP contribution in [0.1, 0.15) is 188 Å². The molecule has 0 heterocycles. The average molecular weight is 539 g/mol. The molecule has 0 fully saturated rings. The van der Waals surface area contributed by atoms with E-state index in [0.29, 0.717) is 19.6 Å². The molecule has 0 saturated carbocycles. The van der Waals surface area contributed by atoms with Crippen molar-refractivity contribution in [3.63, 3.8) is 0 Å². The van der Waals surface area contributed by atoms with E-state index >= 15 is 0 Å². The molecule has 4 nitrogen and oxygen atoms in total. The number of rotatable bonds is 30. The van der Waals surface area contributed by atoms with E-state index in [2.05, 4.69) is 13.8 Å². The zero-order chi connectivity index (χ0) is 27.9. The minimum atomic E-state index is -0.00329. The normalized spacial score (nSPS) is 12.0. The maximum absolute atomic E-state index is 12.1. The van der Waals surface area contributed by atoms with Gasteiger partial charge in [0.05, 0.1) is 19.1 Å². The summed E-state index contributed by atoms with van der Waals surface area (Å²) >= 11 is 0. The van der Waals surface area contributed by atoms with Crippen molar-refractivity contribution in [2.24, 2.45) is 5.92 Å². The summed E-state index contributed by atoms with van der Waals surface area (Å²) in [5.74, 6) is 0.0456. The lowest BCUT2D eigenvalue weighted by Gasteiger charge is -2.11. The van der Waals surface area contributed by atoms with Gasteiger partial charge in [-0.1, -0.05) is 156 Å². The lowest BCUT2D eigenvalue weighted by Crippen LogP contribution is -2.15. The second-order valence-corrected chi connectivity index (χ2v) is 11.6. The molecule has 0 N–H and O–H groups in total. The van der Waals surface area contributed by atoms with Gasteiger partial charge in [0.25, 0.3) is 0 Å². The molecule has 0 rings (SSSR count). The molecule has 0 saturated heterocycles. The second kappa shape index (κ2) is 30.5. The van der Waals surface area contributed by atoms with E-state index in [1.54, 1.807) is 0 Å². The first kappa shape index (κ1) is 36.9. The Morgan fingerprint density at radius 3 is 1.32 bits per heavy atom. The molecule has 0 aromatic rings. The number of esters is 2. The SMILES string of the molecule is CCCCCCCCOC(=O)CCCCCCCCCCCCCCC(C)C(=O)OCCCCCCCC. The molecule has 0 aromatic carbocycles. The molecular weight excluding hydrogens is 472 g/mol. The van der Waals surface area contributed by atoms with Crippen LogP contribution in [0.5, 0.6) is 0 Å². The average Bonchev–Trinajstić information content (AvgIpc) is 2.91. The molecule has 0 aliphatic carbocycles. The summed E-state index contributed by atoms with van der Waals surface area (Å²) in [6.45, 7) is 7.69. The summed E-state index contributed by atoms with van der Waals surface area (Å²) < 4.78 is 10.8. The molecule has 226 valence electrons. The monoisotopic (exact) mass is 538 g/mol. The van der Waals surface area contributed by atoms with Crippen LogP contribution in [0.4, 0.5) is 0 Å². The van der Waals surface area contributed by atoms with Crippen LogP contribution in [0.2, 0.25) is 0 Å². The fourth-order valence-corrected chi connectivity index (χ4v) is 4.94. The Morgan fingerprint density at radius 2 is 0.842 bits per heavy atom. The quantitative estimate of drug-likeness (QED) is 0.0674. The van der Waals surface area contributed by atoms with Crippen LogP contribution < -0.4 is 0 Å². The van der Waals surface area contributed by atoms with E-state index in [9.17, 15) is 9.59 Å². The van der Waals surface area contributed by atoms with Crippen molar-refractivity contribution in [2.45, 2.75) is 188 Å². The highest BCUT2D eigenvalue weighted by Gasteiger charge is 2.13. The van der Waals surface area contributed by atoms with E-state index < -0.39 is 0 Å². The van der Waals surface area contributed by atoms with Crippen LogP contribution in [-0.2, 0) is 19.1 Å². The van der Waals surface area contributed by atoms with Crippen LogP contribution in [0.3, 0.4) is 0 Å². The van der Waals surface area contributed by atoms with Crippen LogP contribution >= 0.6 is 0 Å². The molecule has 0 aliphatic heterocycles. The lowest BCUT2D eigenvalue weighted by molar-refractivity contribution is -0.148. The molecule has 1 unspecified atom stereocenters. The Morgan fingerprint density at radius 1 is 0.474 bits per heavy atom. The van der Waals surface area contributed by atoms with Crippen LogP contribution in [0.15, 0.2) is 0 Å². The lowest BCUT2D eigenvalue weighted by atomic mass is 10.0. The van der Waals surface area contributed by atoms with Crippen molar-refractivity contribution < 1.29 is 19.1 Å². The Balaban J connectivity index is 3.30. The zero-order valence-corrected chi connectivity index (χ0v) is 26.0. The maximum Gasteiger partial charge on any atom is 0.308 e. The minimum absolute atomic E-state index is 0.00184. The van der Waals surface area contributed by atoms with Gasteiger partial charge in [0.15, 0.2) is 0 Å². The second-order valence-electron chi connectivity index (χ2n) is 11.6. The minimum Gasteiger partial charge on any atom is -0.466 e. The Kier molecular flexibility index (Phi) is 29.6. The van der Waals surface area contributed by atoms with Crippen molar-refractivity contribution in [1.82, 2.24) is 0 Å². The predicted octanol–water partition coefficient (Wildman–Crippen LogP) is 10.9. The molecule has 1 atom stereocenters. The molecule has 0 aromatic heterocycles.